The Kier molecular flexibility index (Phi) is 4.67. The summed E-state index contributed by atoms with van der Waals surface area (Å²) in [6, 6.07) is 10.4. The molecule has 0 radical (unpaired) electrons. The molecule has 0 amide bonds. The minimum atomic E-state index is 0.0250. The van der Waals surface area contributed by atoms with Crippen molar-refractivity contribution in [1.82, 2.24) is 14.9 Å². The molecule has 2 aromatic heterocycles. The summed E-state index contributed by atoms with van der Waals surface area (Å²) in [5.41, 5.74) is 2.52. The van der Waals surface area contributed by atoms with Gasteiger partial charge in [0.25, 0.3) is 5.56 Å². The average molecular weight is 368 g/mol. The highest BCUT2D eigenvalue weighted by atomic mass is 32.1. The number of nitrogens with one attached hydrogen (secondary N) is 1. The molecule has 1 N–H and O–H groups in total. The molecule has 1 aromatic carbocycles. The molecule has 0 bridgehead atoms. The number of nitrogens with zero attached hydrogens (tertiary/aromatic N) is 2. The summed E-state index contributed by atoms with van der Waals surface area (Å²) in [5, 5.41) is 0.832. The van der Waals surface area contributed by atoms with Crippen LogP contribution in [0.25, 0.3) is 10.2 Å². The van der Waals surface area contributed by atoms with Gasteiger partial charge in [0, 0.05) is 11.4 Å². The Morgan fingerprint density at radius 1 is 1.35 bits per heavy atom. The number of aromatic amines is 1. The number of hydrogen-bond donors (Lipinski definition) is 1. The minimum absolute atomic E-state index is 0.0250. The maximum absolute atomic E-state index is 12.8. The molecule has 2 heterocycles. The van der Waals surface area contributed by atoms with Gasteiger partial charge in [0.05, 0.1) is 11.4 Å². The van der Waals surface area contributed by atoms with Crippen LogP contribution in [0, 0.1) is 5.92 Å². The van der Waals surface area contributed by atoms with E-state index in [1.54, 1.807) is 11.3 Å². The van der Waals surface area contributed by atoms with Gasteiger partial charge in [-0.3, -0.25) is 9.69 Å². The van der Waals surface area contributed by atoms with Gasteiger partial charge < -0.3 is 4.98 Å². The summed E-state index contributed by atoms with van der Waals surface area (Å²) in [4.78, 5) is 25.2. The Hall–Kier alpha value is -1.98. The fraction of sp³-hybridized carbons (Fsp3) is 0.429. The van der Waals surface area contributed by atoms with E-state index < -0.39 is 0 Å². The van der Waals surface area contributed by atoms with Gasteiger partial charge in [-0.1, -0.05) is 37.3 Å². The summed E-state index contributed by atoms with van der Waals surface area (Å²) in [6.07, 6.45) is 3.24. The van der Waals surface area contributed by atoms with Crippen molar-refractivity contribution in [3.63, 3.8) is 0 Å². The van der Waals surface area contributed by atoms with E-state index in [0.29, 0.717) is 5.92 Å². The van der Waals surface area contributed by atoms with Crippen molar-refractivity contribution in [2.24, 2.45) is 5.92 Å². The van der Waals surface area contributed by atoms with Crippen molar-refractivity contribution in [3.05, 3.63) is 62.5 Å². The number of aromatic nitrogens is 2. The van der Waals surface area contributed by atoms with E-state index in [2.05, 4.69) is 55.0 Å². The third-order valence-electron chi connectivity index (χ3n) is 5.52. The predicted molar refractivity (Wildman–Crippen MR) is 108 cm³/mol. The quantitative estimate of drug-likeness (QED) is 0.748. The van der Waals surface area contributed by atoms with Gasteiger partial charge >= 0.3 is 0 Å². The zero-order valence-corrected chi connectivity index (χ0v) is 16.4. The lowest BCUT2D eigenvalue weighted by Crippen LogP contribution is -2.26. The Morgan fingerprint density at radius 3 is 2.88 bits per heavy atom. The number of thiophene rings is 1. The van der Waals surface area contributed by atoms with Crippen LogP contribution >= 0.6 is 11.3 Å². The van der Waals surface area contributed by atoms with Crippen molar-refractivity contribution >= 4 is 21.6 Å². The molecule has 0 saturated carbocycles. The van der Waals surface area contributed by atoms with Gasteiger partial charge in [0.15, 0.2) is 0 Å². The van der Waals surface area contributed by atoms with Crippen LogP contribution in [0.5, 0.6) is 0 Å². The summed E-state index contributed by atoms with van der Waals surface area (Å²) in [5.74, 6) is 1.46. The minimum Gasteiger partial charge on any atom is -0.309 e. The normalized spacial score (nSPS) is 18.2. The van der Waals surface area contributed by atoms with Crippen LogP contribution in [-0.2, 0) is 19.4 Å². The highest BCUT2D eigenvalue weighted by molar-refractivity contribution is 7.18. The second kappa shape index (κ2) is 6.97. The fourth-order valence-electron chi connectivity index (χ4n) is 3.78. The van der Waals surface area contributed by atoms with Crippen molar-refractivity contribution in [3.8, 4) is 0 Å². The van der Waals surface area contributed by atoms with Gasteiger partial charge in [0.1, 0.15) is 10.7 Å². The van der Waals surface area contributed by atoms with Crippen LogP contribution in [0.3, 0.4) is 0 Å². The summed E-state index contributed by atoms with van der Waals surface area (Å²) in [6.45, 7) is 5.21. The molecule has 2 atom stereocenters. The molecule has 0 unspecified atom stereocenters. The van der Waals surface area contributed by atoms with Crippen LogP contribution < -0.4 is 5.56 Å². The molecule has 4 nitrogen and oxygen atoms in total. The maximum atomic E-state index is 12.8. The lowest BCUT2D eigenvalue weighted by molar-refractivity contribution is 0.244. The van der Waals surface area contributed by atoms with Crippen LogP contribution in [0.15, 0.2) is 35.1 Å². The summed E-state index contributed by atoms with van der Waals surface area (Å²) < 4.78 is 0. The molecule has 3 aromatic rings. The van der Waals surface area contributed by atoms with E-state index in [0.717, 1.165) is 41.8 Å². The van der Waals surface area contributed by atoms with Gasteiger partial charge in [-0.15, -0.1) is 11.3 Å². The monoisotopic (exact) mass is 367 g/mol. The predicted octanol–water partition coefficient (Wildman–Crippen LogP) is 4.30. The van der Waals surface area contributed by atoms with Crippen molar-refractivity contribution in [2.45, 2.75) is 45.7 Å². The van der Waals surface area contributed by atoms with Gasteiger partial charge in [-0.2, -0.15) is 0 Å². The number of fused-ring (bicyclic) bond motifs is 3. The van der Waals surface area contributed by atoms with Crippen LogP contribution in [0.4, 0.5) is 0 Å². The first-order valence-electron chi connectivity index (χ1n) is 9.31. The third kappa shape index (κ3) is 3.21. The number of rotatable bonds is 4. The third-order valence-corrected chi connectivity index (χ3v) is 6.66. The molecule has 1 aliphatic rings. The Labute approximate surface area is 157 Å². The van der Waals surface area contributed by atoms with E-state index in [1.165, 1.54) is 16.0 Å². The second-order valence-corrected chi connectivity index (χ2v) is 8.64. The SMILES string of the molecule is C[C@@H]1CCc2c(sc3nc([C@@H](C)N(C)Cc4ccccc4)[nH]c(=O)c23)C1. The molecule has 0 saturated heterocycles. The molecule has 26 heavy (non-hydrogen) atoms. The van der Waals surface area contributed by atoms with Crippen molar-refractivity contribution in [1.29, 1.82) is 0 Å². The van der Waals surface area contributed by atoms with Crippen LogP contribution in [0.2, 0.25) is 0 Å². The molecule has 136 valence electrons. The van der Waals surface area contributed by atoms with Gasteiger partial charge in [-0.25, -0.2) is 4.98 Å². The lowest BCUT2D eigenvalue weighted by atomic mass is 9.89. The topological polar surface area (TPSA) is 49.0 Å². The molecule has 0 spiro atoms. The maximum Gasteiger partial charge on any atom is 0.259 e. The van der Waals surface area contributed by atoms with Crippen molar-refractivity contribution < 1.29 is 0 Å². The number of hydrogen-bond acceptors (Lipinski definition) is 4. The number of benzene rings is 1. The highest BCUT2D eigenvalue weighted by Crippen LogP contribution is 2.36. The molecular formula is C21H25N3OS. The fourth-order valence-corrected chi connectivity index (χ4v) is 5.17. The molecule has 1 aliphatic carbocycles. The largest absolute Gasteiger partial charge is 0.309 e. The number of H-pyrrole nitrogens is 1. The first kappa shape index (κ1) is 17.4. The summed E-state index contributed by atoms with van der Waals surface area (Å²) >= 11 is 1.72. The van der Waals surface area contributed by atoms with Gasteiger partial charge in [0.2, 0.25) is 0 Å². The van der Waals surface area contributed by atoms with Gasteiger partial charge in [-0.05, 0) is 50.3 Å². The zero-order valence-electron chi connectivity index (χ0n) is 15.6. The number of aryl methyl sites for hydroxylation is 1. The Bertz CT molecular complexity index is 976. The molecule has 5 heteroatoms. The molecule has 4 rings (SSSR count). The Morgan fingerprint density at radius 2 is 2.12 bits per heavy atom. The first-order chi connectivity index (χ1) is 12.5. The average Bonchev–Trinajstić information content (AvgIpc) is 2.99. The van der Waals surface area contributed by atoms with E-state index in [4.69, 9.17) is 4.98 Å². The molecule has 0 fully saturated rings. The second-order valence-electron chi connectivity index (χ2n) is 7.56. The summed E-state index contributed by atoms with van der Waals surface area (Å²) in [7, 11) is 2.07. The standard InChI is InChI=1S/C21H25N3OS/c1-13-9-10-16-17(11-13)26-21-18(16)20(25)22-19(23-21)14(2)24(3)12-15-7-5-4-6-8-15/h4-8,13-14H,9-12H2,1-3H3,(H,22,23,25)/t13-,14-/m1/s1. The van der Waals surface area contributed by atoms with E-state index in [-0.39, 0.29) is 11.6 Å². The molecule has 0 aliphatic heterocycles. The molecular weight excluding hydrogens is 342 g/mol. The van der Waals surface area contributed by atoms with Crippen LogP contribution in [-0.4, -0.2) is 21.9 Å². The van der Waals surface area contributed by atoms with Crippen molar-refractivity contribution in [2.75, 3.05) is 7.05 Å². The smallest absolute Gasteiger partial charge is 0.259 e. The zero-order chi connectivity index (χ0) is 18.3. The lowest BCUT2D eigenvalue weighted by Gasteiger charge is -2.24. The van der Waals surface area contributed by atoms with E-state index in [9.17, 15) is 4.79 Å². The van der Waals surface area contributed by atoms with E-state index >= 15 is 0 Å². The van der Waals surface area contributed by atoms with E-state index in [1.807, 2.05) is 6.07 Å². The first-order valence-corrected chi connectivity index (χ1v) is 10.1. The highest BCUT2D eigenvalue weighted by Gasteiger charge is 2.24. The van der Waals surface area contributed by atoms with Crippen LogP contribution in [0.1, 0.15) is 48.1 Å². The Balaban J connectivity index is 1.65.